The molecule has 0 saturated carbocycles. The lowest BCUT2D eigenvalue weighted by molar-refractivity contribution is -0.385. The first-order valence-corrected chi connectivity index (χ1v) is 11.9. The smallest absolute Gasteiger partial charge is 0.269 e. The first kappa shape index (κ1) is 23.5. The fraction of sp³-hybridized carbons (Fsp3) is 0.172. The molecular weight excluding hydrogens is 454 g/mol. The molecule has 4 aromatic carbocycles. The van der Waals surface area contributed by atoms with Crippen LogP contribution in [-0.4, -0.2) is 39.6 Å². The normalized spacial score (nSPS) is 12.3. The van der Waals surface area contributed by atoms with Crippen LogP contribution in [0.1, 0.15) is 17.2 Å². The van der Waals surface area contributed by atoms with Gasteiger partial charge in [-0.05, 0) is 29.3 Å². The third-order valence-corrected chi connectivity index (χ3v) is 6.30. The zero-order chi connectivity index (χ0) is 24.9. The molecule has 0 aliphatic heterocycles. The maximum absolute atomic E-state index is 11.1. The second kappa shape index (κ2) is 10.6. The van der Waals surface area contributed by atoms with Crippen LogP contribution in [-0.2, 0) is 6.54 Å². The standard InChI is InChI=1S/C29H27N3O4/c33-29(22-9-6-10-23(17-22)32(34)35)20-31(19-21-7-2-1-3-8-21)15-16-36-24-13-14-26-25-11-4-5-12-27(25)30-28(26)18-24/h1-14,17-18,29-30,33H,15-16,19-20H2/t29-/m0/s1. The lowest BCUT2D eigenvalue weighted by atomic mass is 10.1. The van der Waals surface area contributed by atoms with Crippen LogP contribution in [0.2, 0.25) is 0 Å². The first-order valence-electron chi connectivity index (χ1n) is 11.9. The number of hydrogen-bond acceptors (Lipinski definition) is 5. The van der Waals surface area contributed by atoms with Gasteiger partial charge in [-0.15, -0.1) is 0 Å². The quantitative estimate of drug-likeness (QED) is 0.193. The van der Waals surface area contributed by atoms with Crippen LogP contribution in [0.4, 0.5) is 5.69 Å². The number of non-ortho nitro benzene ring substituents is 1. The van der Waals surface area contributed by atoms with E-state index in [-0.39, 0.29) is 5.69 Å². The molecular formula is C29H27N3O4. The van der Waals surface area contributed by atoms with Gasteiger partial charge in [-0.25, -0.2) is 0 Å². The number of H-pyrrole nitrogens is 1. The topological polar surface area (TPSA) is 91.6 Å². The fourth-order valence-electron chi connectivity index (χ4n) is 4.49. The molecule has 1 atom stereocenters. The van der Waals surface area contributed by atoms with E-state index < -0.39 is 11.0 Å². The summed E-state index contributed by atoms with van der Waals surface area (Å²) in [4.78, 5) is 16.2. The minimum absolute atomic E-state index is 0.0307. The van der Waals surface area contributed by atoms with Crippen LogP contribution >= 0.6 is 0 Å². The number of hydrogen-bond donors (Lipinski definition) is 2. The average molecular weight is 482 g/mol. The SMILES string of the molecule is O=[N+]([O-])c1cccc([C@@H](O)CN(CCOc2ccc3c(c2)[nH]c2ccccc23)Cc2ccccc2)c1. The minimum atomic E-state index is -0.865. The lowest BCUT2D eigenvalue weighted by Crippen LogP contribution is -2.32. The Morgan fingerprint density at radius 3 is 2.50 bits per heavy atom. The summed E-state index contributed by atoms with van der Waals surface area (Å²) in [6.07, 6.45) is -0.865. The molecule has 182 valence electrons. The highest BCUT2D eigenvalue weighted by Crippen LogP contribution is 2.28. The van der Waals surface area contributed by atoms with Crippen LogP contribution < -0.4 is 4.74 Å². The van der Waals surface area contributed by atoms with Crippen molar-refractivity contribution in [1.29, 1.82) is 0 Å². The summed E-state index contributed by atoms with van der Waals surface area (Å²) < 4.78 is 6.08. The molecule has 0 spiro atoms. The van der Waals surface area contributed by atoms with Gasteiger partial charge in [0.25, 0.3) is 5.69 Å². The summed E-state index contributed by atoms with van der Waals surface area (Å²) in [6.45, 7) is 1.95. The average Bonchev–Trinajstić information content (AvgIpc) is 3.27. The third-order valence-electron chi connectivity index (χ3n) is 6.30. The molecule has 0 aliphatic rings. The van der Waals surface area contributed by atoms with Crippen LogP contribution in [0.5, 0.6) is 5.75 Å². The number of para-hydroxylation sites is 1. The monoisotopic (exact) mass is 481 g/mol. The van der Waals surface area contributed by atoms with E-state index in [2.05, 4.69) is 28.1 Å². The summed E-state index contributed by atoms with van der Waals surface area (Å²) in [6, 6.07) is 30.4. The molecule has 0 saturated heterocycles. The maximum atomic E-state index is 11.1. The second-order valence-electron chi connectivity index (χ2n) is 8.82. The highest BCUT2D eigenvalue weighted by molar-refractivity contribution is 6.07. The van der Waals surface area contributed by atoms with Crippen LogP contribution in [0.3, 0.4) is 0 Å². The van der Waals surface area contributed by atoms with E-state index in [9.17, 15) is 15.2 Å². The Labute approximate surface area is 208 Å². The number of aromatic nitrogens is 1. The molecule has 0 radical (unpaired) electrons. The van der Waals surface area contributed by atoms with E-state index in [0.717, 1.165) is 27.7 Å². The zero-order valence-corrected chi connectivity index (χ0v) is 19.7. The van der Waals surface area contributed by atoms with Gasteiger partial charge in [0.05, 0.1) is 16.5 Å². The van der Waals surface area contributed by atoms with Gasteiger partial charge in [-0.2, -0.15) is 0 Å². The Morgan fingerprint density at radius 1 is 0.889 bits per heavy atom. The molecule has 1 aromatic heterocycles. The molecule has 5 aromatic rings. The summed E-state index contributed by atoms with van der Waals surface area (Å²) in [5.41, 5.74) is 3.72. The maximum Gasteiger partial charge on any atom is 0.269 e. The van der Waals surface area contributed by atoms with Gasteiger partial charge in [-0.1, -0.05) is 60.7 Å². The van der Waals surface area contributed by atoms with E-state index in [0.29, 0.717) is 31.8 Å². The molecule has 0 fully saturated rings. The van der Waals surface area contributed by atoms with E-state index in [1.165, 1.54) is 17.5 Å². The Hall–Kier alpha value is -4.20. The number of rotatable bonds is 10. The number of fused-ring (bicyclic) bond motifs is 3. The number of nitro groups is 1. The number of aliphatic hydroxyl groups is 1. The largest absolute Gasteiger partial charge is 0.492 e. The molecule has 36 heavy (non-hydrogen) atoms. The van der Waals surface area contributed by atoms with Gasteiger partial charge >= 0.3 is 0 Å². The predicted octanol–water partition coefficient (Wildman–Crippen LogP) is 5.84. The molecule has 2 N–H and O–H groups in total. The van der Waals surface area contributed by atoms with Crippen molar-refractivity contribution in [2.75, 3.05) is 19.7 Å². The van der Waals surface area contributed by atoms with Gasteiger partial charge in [-0.3, -0.25) is 15.0 Å². The Morgan fingerprint density at radius 2 is 1.67 bits per heavy atom. The summed E-state index contributed by atoms with van der Waals surface area (Å²) in [5.74, 6) is 0.771. The molecule has 7 nitrogen and oxygen atoms in total. The number of benzene rings is 4. The lowest BCUT2D eigenvalue weighted by Gasteiger charge is -2.25. The number of nitrogens with zero attached hydrogens (tertiary/aromatic N) is 2. The van der Waals surface area contributed by atoms with Gasteiger partial charge < -0.3 is 14.8 Å². The summed E-state index contributed by atoms with van der Waals surface area (Å²) in [7, 11) is 0. The molecule has 7 heteroatoms. The van der Waals surface area contributed by atoms with Crippen molar-refractivity contribution in [2.45, 2.75) is 12.6 Å². The van der Waals surface area contributed by atoms with E-state index in [4.69, 9.17) is 4.74 Å². The Balaban J connectivity index is 1.28. The zero-order valence-electron chi connectivity index (χ0n) is 19.7. The molecule has 0 unspecified atom stereocenters. The molecule has 0 aliphatic carbocycles. The highest BCUT2D eigenvalue weighted by Gasteiger charge is 2.17. The molecule has 5 rings (SSSR count). The van der Waals surface area contributed by atoms with Gasteiger partial charge in [0.15, 0.2) is 0 Å². The van der Waals surface area contributed by atoms with Crippen LogP contribution in [0.25, 0.3) is 21.8 Å². The fourth-order valence-corrected chi connectivity index (χ4v) is 4.49. The summed E-state index contributed by atoms with van der Waals surface area (Å²) >= 11 is 0. The number of nitro benzene ring substituents is 1. The third kappa shape index (κ3) is 5.38. The number of aliphatic hydroxyl groups excluding tert-OH is 1. The molecule has 0 bridgehead atoms. The van der Waals surface area contributed by atoms with Gasteiger partial charge in [0, 0.05) is 54.1 Å². The van der Waals surface area contributed by atoms with Crippen molar-refractivity contribution in [3.63, 3.8) is 0 Å². The van der Waals surface area contributed by atoms with Gasteiger partial charge in [0.1, 0.15) is 12.4 Å². The van der Waals surface area contributed by atoms with E-state index in [1.54, 1.807) is 12.1 Å². The van der Waals surface area contributed by atoms with Gasteiger partial charge in [0.2, 0.25) is 0 Å². The van der Waals surface area contributed by atoms with E-state index >= 15 is 0 Å². The Bertz CT molecular complexity index is 1480. The summed E-state index contributed by atoms with van der Waals surface area (Å²) in [5, 5.41) is 24.4. The van der Waals surface area contributed by atoms with Crippen molar-refractivity contribution in [2.24, 2.45) is 0 Å². The Kier molecular flexibility index (Phi) is 6.93. The number of nitrogens with one attached hydrogen (secondary N) is 1. The van der Waals surface area contributed by atoms with Crippen molar-refractivity contribution in [1.82, 2.24) is 9.88 Å². The molecule has 1 heterocycles. The van der Waals surface area contributed by atoms with E-state index in [1.807, 2.05) is 54.6 Å². The van der Waals surface area contributed by atoms with Crippen LogP contribution in [0, 0.1) is 10.1 Å². The second-order valence-corrected chi connectivity index (χ2v) is 8.82. The van der Waals surface area contributed by atoms with Crippen molar-refractivity contribution in [3.05, 3.63) is 118 Å². The predicted molar refractivity (Wildman–Crippen MR) is 141 cm³/mol. The van der Waals surface area contributed by atoms with Crippen LogP contribution in [0.15, 0.2) is 97.1 Å². The van der Waals surface area contributed by atoms with Crippen molar-refractivity contribution in [3.8, 4) is 5.75 Å². The van der Waals surface area contributed by atoms with Crippen molar-refractivity contribution >= 4 is 27.5 Å². The first-order chi connectivity index (χ1) is 17.6. The highest BCUT2D eigenvalue weighted by atomic mass is 16.6. The number of ether oxygens (including phenoxy) is 1. The van der Waals surface area contributed by atoms with Crippen molar-refractivity contribution < 1.29 is 14.8 Å². The molecule has 0 amide bonds. The minimum Gasteiger partial charge on any atom is -0.492 e. The number of aromatic amines is 1.